The van der Waals surface area contributed by atoms with Crippen LogP contribution in [0.4, 0.5) is 4.39 Å². The van der Waals surface area contributed by atoms with Gasteiger partial charge in [0.2, 0.25) is 5.82 Å². The lowest BCUT2D eigenvalue weighted by Gasteiger charge is -2.54. The summed E-state index contributed by atoms with van der Waals surface area (Å²) in [7, 11) is 4.07. The molecule has 0 spiro atoms. The molecule has 7 N–H and O–H groups in total. The SMILES string of the molecule is CC/C(=C(/c1ccc(OCCN(C)C)cc1)c1cccc(O)c1)c1ccccc1.CCCCCCCCCCCCCCCCCCCCCCO.CCCCCc1cc(O)c2c(c1)OC(C)(C)[C@@H]1CCC(C)=C[C@@H]21.C[C@H]1O[C@@H](n2cc(F)c(O)nc2=O)[C@H](O)[C@@H]1O.O=C(O[C@H]1C[C@@H]2C[C@@H]3C[C@H](C1)[N@@]2CC3=O)c1c[nH]c2ccccc12. The van der Waals surface area contributed by atoms with Crippen molar-refractivity contribution >= 4 is 33.8 Å². The molecule has 0 saturated carbocycles. The third kappa shape index (κ3) is 26.7. The number of ketones is 1. The van der Waals surface area contributed by atoms with E-state index < -0.39 is 41.9 Å². The minimum absolute atomic E-state index is 0.0356. The van der Waals surface area contributed by atoms with Gasteiger partial charge < -0.3 is 59.5 Å². The van der Waals surface area contributed by atoms with Crippen LogP contribution >= 0.6 is 0 Å². The molecule has 5 saturated heterocycles. The molecule has 2 aromatic heterocycles. The number of aliphatic hydroxyl groups excluding tert-OH is 3. The summed E-state index contributed by atoms with van der Waals surface area (Å²) in [5, 5.41) is 58.3. The number of H-pyrrole nitrogens is 1. The van der Waals surface area contributed by atoms with Crippen molar-refractivity contribution in [3.63, 3.8) is 0 Å². The number of phenols is 2. The number of aliphatic hydroxyl groups is 3. The van der Waals surface area contributed by atoms with Gasteiger partial charge in [-0.1, -0.05) is 240 Å². The van der Waals surface area contributed by atoms with E-state index in [2.05, 4.69) is 116 Å². The second-order valence-corrected chi connectivity index (χ2v) is 33.8. The van der Waals surface area contributed by atoms with E-state index in [9.17, 15) is 39.2 Å². The number of hydrogen-bond acceptors (Lipinski definition) is 16. The zero-order chi connectivity index (χ0) is 83.1. The molecule has 1 aliphatic carbocycles. The number of allylic oxidation sites excluding steroid dienone is 3. The Bertz CT molecular complexity index is 4230. The number of benzene rings is 5. The largest absolute Gasteiger partial charge is 0.508 e. The number of piperidine rings is 4. The highest BCUT2D eigenvalue weighted by molar-refractivity contribution is 6.04. The minimum Gasteiger partial charge on any atom is -0.508 e. The summed E-state index contributed by atoms with van der Waals surface area (Å²) in [6, 6.07) is 38.9. The molecule has 5 fully saturated rings. The lowest BCUT2D eigenvalue weighted by atomic mass is 9.68. The summed E-state index contributed by atoms with van der Waals surface area (Å²) in [5.74, 6) is 1.44. The quantitative estimate of drug-likeness (QED) is 0.00844. The third-order valence-corrected chi connectivity index (χ3v) is 24.1. The van der Waals surface area contributed by atoms with E-state index in [1.807, 2.05) is 74.8 Å². The van der Waals surface area contributed by atoms with Crippen LogP contribution in [-0.4, -0.2) is 149 Å². The van der Waals surface area contributed by atoms with E-state index in [0.717, 1.165) is 109 Å². The number of halogens is 1. The molecule has 634 valence electrons. The van der Waals surface area contributed by atoms with Gasteiger partial charge in [-0.3, -0.25) is 14.3 Å². The smallest absolute Gasteiger partial charge is 0.353 e. The Kier molecular flexibility index (Phi) is 37.0. The van der Waals surface area contributed by atoms with Crippen LogP contribution in [0.2, 0.25) is 0 Å². The summed E-state index contributed by atoms with van der Waals surface area (Å²) in [6.07, 6.45) is 39.8. The van der Waals surface area contributed by atoms with Gasteiger partial charge in [0.15, 0.2) is 6.23 Å². The number of unbranched alkanes of at least 4 members (excludes halogenated alkanes) is 21. The number of carbonyl (C=O) groups excluding carboxylic acids is 2. The van der Waals surface area contributed by atoms with Crippen LogP contribution < -0.4 is 15.2 Å². The van der Waals surface area contributed by atoms with E-state index in [0.29, 0.717) is 65.6 Å². The van der Waals surface area contributed by atoms with Crippen LogP contribution in [0, 0.1) is 17.7 Å². The van der Waals surface area contributed by atoms with Crippen molar-refractivity contribution < 1.29 is 63.6 Å². The number of Topliss-reactive ketones (excluding diaryl/α,β-unsaturated/α-hetero) is 1. The van der Waals surface area contributed by atoms with Crippen molar-refractivity contribution in [2.75, 3.05) is 40.4 Å². The fourth-order valence-corrected chi connectivity index (χ4v) is 17.6. The average molecular weight is 1600 g/mol. The highest BCUT2D eigenvalue weighted by atomic mass is 19.1. The highest BCUT2D eigenvalue weighted by Gasteiger charge is 2.50. The van der Waals surface area contributed by atoms with E-state index >= 15 is 0 Å². The first-order chi connectivity index (χ1) is 56.0. The standard InChI is InChI=1S/C26H29NO2.C22H46O.C21H30O2.C19H20N2O3.C9H11FN2O5/c1-4-25(20-9-6-5-7-10-20)26(22-11-8-12-23(28)19-22)21-13-15-24(16-14-21)29-18-17-27(2)3;1-2-3-4-5-6-7-8-9-10-11-12-13-14-15-16-17-18-19-20-21-22-23;1-5-6-7-8-15-12-18(22)20-16-11-14(2)9-10-17(16)21(3,4)23-19(20)13-15;22-18-10-21-12-5-11(18)6-13(21)8-14(7-12)24-19(23)16-9-20-17-4-2-1-3-15(16)17;1-3-5(13)6(14)8(17-3)12-2-4(10)7(15)11-9(12)16/h5-16,19,28H,4,17-18H2,1-3H3;23H,2-22H2,1H3;11-13,16-17,22H,5-10H2,1-4H3;1-4,9,11-14,20H,5-8,10H2;2-3,5-6,8,13-14H,1H3,(H,11,15,16)/b26-25+;;;;/t;;16-,17-;11-,12+,13-,14+;3-,5-,6-,8-/m..1.1/s1. The number of phenolic OH excluding ortho intramolecular Hbond substituents is 2. The van der Waals surface area contributed by atoms with Gasteiger partial charge in [-0.05, 0) is 169 Å². The Morgan fingerprint density at radius 2 is 1.29 bits per heavy atom. The number of ether oxygens (including phenoxy) is 4. The van der Waals surface area contributed by atoms with Crippen LogP contribution in [0.1, 0.15) is 291 Å². The van der Waals surface area contributed by atoms with Crippen LogP contribution in [0.3, 0.4) is 0 Å². The summed E-state index contributed by atoms with van der Waals surface area (Å²) >= 11 is 0. The average Bonchev–Trinajstić information content (AvgIpc) is 0.920. The number of nitrogens with one attached hydrogen (secondary N) is 1. The Morgan fingerprint density at radius 1 is 0.698 bits per heavy atom. The molecule has 7 aromatic rings. The first-order valence-corrected chi connectivity index (χ1v) is 43.9. The van der Waals surface area contributed by atoms with E-state index in [1.54, 1.807) is 12.3 Å². The fourth-order valence-electron chi connectivity index (χ4n) is 17.6. The topological polar surface area (TPSA) is 250 Å². The van der Waals surface area contributed by atoms with Gasteiger partial charge in [0.1, 0.15) is 59.3 Å². The van der Waals surface area contributed by atoms with Crippen molar-refractivity contribution in [3.05, 3.63) is 189 Å². The Labute approximate surface area is 690 Å². The first-order valence-electron chi connectivity index (χ1n) is 43.9. The van der Waals surface area contributed by atoms with Gasteiger partial charge in [-0.25, -0.2) is 9.59 Å². The monoisotopic (exact) mass is 1600 g/mol. The van der Waals surface area contributed by atoms with Crippen molar-refractivity contribution in [1.82, 2.24) is 24.3 Å². The predicted molar refractivity (Wildman–Crippen MR) is 462 cm³/mol. The summed E-state index contributed by atoms with van der Waals surface area (Å²) in [4.78, 5) is 46.5. The van der Waals surface area contributed by atoms with Crippen molar-refractivity contribution in [2.45, 2.75) is 302 Å². The molecule has 14 rings (SSSR count). The lowest BCUT2D eigenvalue weighted by molar-refractivity contribution is -0.145. The number of hydrogen-bond donors (Lipinski definition) is 7. The summed E-state index contributed by atoms with van der Waals surface area (Å²) in [6.45, 7) is 17.3. The molecule has 0 unspecified atom stereocenters. The van der Waals surface area contributed by atoms with Crippen molar-refractivity contribution in [1.29, 1.82) is 0 Å². The normalized spacial score (nSPS) is 22.2. The summed E-state index contributed by atoms with van der Waals surface area (Å²) < 4.78 is 36.9. The number of fused-ring (bicyclic) bond motifs is 5. The molecule has 5 aromatic carbocycles. The number of aromatic hydroxyl groups is 3. The molecule has 11 atom stereocenters. The number of aromatic nitrogens is 3. The predicted octanol–water partition coefficient (Wildman–Crippen LogP) is 20.5. The number of para-hydroxylation sites is 1. The van der Waals surface area contributed by atoms with E-state index in [4.69, 9.17) is 29.2 Å². The molecule has 18 nitrogen and oxygen atoms in total. The second kappa shape index (κ2) is 46.8. The minimum atomic E-state index is -1.37. The molecule has 0 radical (unpaired) electrons. The number of aryl methyl sites for hydroxylation is 1. The van der Waals surface area contributed by atoms with E-state index in [1.165, 1.54) is 170 Å². The molecular formula is C97H136FN5O13. The number of rotatable bonds is 35. The molecule has 6 aliphatic heterocycles. The molecular weight excluding hydrogens is 1460 g/mol. The number of likely N-dealkylation sites (N-methyl/N-ethyl adjacent to an activating group) is 1. The van der Waals surface area contributed by atoms with Gasteiger partial charge in [0.25, 0.3) is 5.88 Å². The lowest BCUT2D eigenvalue weighted by Crippen LogP contribution is -2.63. The molecule has 7 aliphatic rings. The van der Waals surface area contributed by atoms with Crippen LogP contribution in [0.15, 0.2) is 144 Å². The van der Waals surface area contributed by atoms with Crippen LogP contribution in [0.25, 0.3) is 22.0 Å². The molecule has 8 heterocycles. The number of aromatic amines is 1. The van der Waals surface area contributed by atoms with Gasteiger partial charge in [0, 0.05) is 78.5 Å². The first kappa shape index (κ1) is 91.7. The number of carbonyl (C=O) groups is 2. The van der Waals surface area contributed by atoms with Crippen LogP contribution in [0.5, 0.6) is 28.9 Å². The Balaban J connectivity index is 0.000000167. The highest BCUT2D eigenvalue weighted by Crippen LogP contribution is 2.54. The molecule has 4 bridgehead atoms. The van der Waals surface area contributed by atoms with E-state index in [-0.39, 0.29) is 35.3 Å². The van der Waals surface area contributed by atoms with Gasteiger partial charge in [-0.2, -0.15) is 9.37 Å². The zero-order valence-corrected chi connectivity index (χ0v) is 70.9. The Hall–Kier alpha value is -8.17. The maximum atomic E-state index is 13.1. The third-order valence-electron chi connectivity index (χ3n) is 24.1. The van der Waals surface area contributed by atoms with Gasteiger partial charge in [-0.15, -0.1) is 0 Å². The van der Waals surface area contributed by atoms with Gasteiger partial charge >= 0.3 is 11.7 Å². The van der Waals surface area contributed by atoms with Gasteiger partial charge in [0.05, 0.1) is 24.4 Å². The molecule has 19 heteroatoms. The second-order valence-electron chi connectivity index (χ2n) is 33.8. The Morgan fingerprint density at radius 3 is 1.87 bits per heavy atom. The maximum Gasteiger partial charge on any atom is 0.353 e. The fraction of sp³-hybridized carbons (Fsp3) is 0.567. The van der Waals surface area contributed by atoms with Crippen LogP contribution in [-0.2, 0) is 20.7 Å². The number of nitrogens with zero attached hydrogens (tertiary/aromatic N) is 4. The molecule has 116 heavy (non-hydrogen) atoms. The molecule has 0 amide bonds. The number of esters is 1. The zero-order valence-electron chi connectivity index (χ0n) is 70.9. The van der Waals surface area contributed by atoms with Crippen molar-refractivity contribution in [3.8, 4) is 28.9 Å². The maximum absolute atomic E-state index is 13.1. The summed E-state index contributed by atoms with van der Waals surface area (Å²) in [5.41, 5.74) is 9.73. The van der Waals surface area contributed by atoms with Crippen molar-refractivity contribution in [2.24, 2.45) is 11.8 Å².